The number of anilines is 5. The average molecular weight is 899 g/mol. The van der Waals surface area contributed by atoms with Crippen LogP contribution in [0.3, 0.4) is 0 Å². The molecule has 0 radical (unpaired) electrons. The first-order valence-corrected chi connectivity index (χ1v) is 24.7. The Hall–Kier alpha value is -7.74. The van der Waals surface area contributed by atoms with Crippen LogP contribution in [0.25, 0.3) is 76.2 Å². The van der Waals surface area contributed by atoms with E-state index in [1.807, 2.05) is 12.2 Å². The summed E-state index contributed by atoms with van der Waals surface area (Å²) < 4.78 is 14.1. The molecule has 0 amide bonds. The van der Waals surface area contributed by atoms with E-state index in [-0.39, 0.29) is 11.8 Å². The number of benzene rings is 9. The zero-order valence-electron chi connectivity index (χ0n) is 40.9. The summed E-state index contributed by atoms with van der Waals surface area (Å²) in [5.74, 6) is 3.44. The van der Waals surface area contributed by atoms with E-state index in [4.69, 9.17) is 15.3 Å². The summed E-state index contributed by atoms with van der Waals surface area (Å²) >= 11 is 0. The molecule has 0 bridgehead atoms. The topological polar surface area (TPSA) is 32.8 Å². The van der Waals surface area contributed by atoms with Crippen molar-refractivity contribution < 1.29 is 8.83 Å². The predicted molar refractivity (Wildman–Crippen MR) is 296 cm³/mol. The van der Waals surface area contributed by atoms with Gasteiger partial charge in [0.15, 0.2) is 11.2 Å². The smallest absolute Gasteiger partial charge is 0.159 e. The molecule has 0 spiro atoms. The monoisotopic (exact) mass is 898 g/mol. The van der Waals surface area contributed by atoms with Gasteiger partial charge in [-0.1, -0.05) is 176 Å². The predicted octanol–water partition coefficient (Wildman–Crippen LogP) is 19.0. The second-order valence-corrected chi connectivity index (χ2v) is 19.6. The van der Waals surface area contributed by atoms with E-state index >= 15 is 0 Å². The molecule has 0 aliphatic heterocycles. The summed E-state index contributed by atoms with van der Waals surface area (Å²) in [4.78, 5) is 4.93. The Labute approximate surface area is 405 Å². The summed E-state index contributed by atoms with van der Waals surface area (Å²) in [6, 6.07) is 49.5. The van der Waals surface area contributed by atoms with Gasteiger partial charge in [0.2, 0.25) is 0 Å². The minimum atomic E-state index is 0.239. The molecular weight excluding hydrogens is 841 g/mol. The quantitative estimate of drug-likeness (QED) is 0.0695. The third kappa shape index (κ3) is 7.06. The van der Waals surface area contributed by atoms with Crippen molar-refractivity contribution in [3.05, 3.63) is 186 Å². The first kappa shape index (κ1) is 43.8. The third-order valence-corrected chi connectivity index (χ3v) is 14.4. The Morgan fingerprint density at radius 1 is 0.493 bits per heavy atom. The Bertz CT molecular complexity index is 3880. The lowest BCUT2D eigenvalue weighted by Gasteiger charge is -2.31. The largest absolute Gasteiger partial charge is 0.454 e. The van der Waals surface area contributed by atoms with Gasteiger partial charge in [0.05, 0.1) is 17.1 Å². The first-order valence-electron chi connectivity index (χ1n) is 24.7. The van der Waals surface area contributed by atoms with Gasteiger partial charge in [0, 0.05) is 50.2 Å². The highest BCUT2D eigenvalue weighted by Gasteiger charge is 2.28. The van der Waals surface area contributed by atoms with Crippen LogP contribution >= 0.6 is 0 Å². The van der Waals surface area contributed by atoms with E-state index in [1.165, 1.54) is 60.1 Å². The molecule has 4 heteroatoms. The Kier molecular flexibility index (Phi) is 11.1. The van der Waals surface area contributed by atoms with Crippen LogP contribution < -0.4 is 9.80 Å². The van der Waals surface area contributed by atoms with Crippen molar-refractivity contribution in [2.24, 2.45) is 0 Å². The number of rotatable bonds is 12. The van der Waals surface area contributed by atoms with Crippen molar-refractivity contribution in [1.29, 1.82) is 0 Å². The van der Waals surface area contributed by atoms with Crippen LogP contribution in [0, 0.1) is 19.3 Å². The van der Waals surface area contributed by atoms with Gasteiger partial charge in [0.1, 0.15) is 11.2 Å². The van der Waals surface area contributed by atoms with Crippen LogP contribution in [0.4, 0.5) is 28.4 Å². The van der Waals surface area contributed by atoms with Crippen molar-refractivity contribution in [3.63, 3.8) is 0 Å². The van der Waals surface area contributed by atoms with Gasteiger partial charge < -0.3 is 18.6 Å². The molecule has 0 saturated carbocycles. The molecule has 69 heavy (non-hydrogen) atoms. The molecule has 4 nitrogen and oxygen atoms in total. The fraction of sp³-hybridized carbons (Fsp3) is 0.200. The fourth-order valence-electron chi connectivity index (χ4n) is 11.1. The highest BCUT2D eigenvalue weighted by atomic mass is 16.3. The first-order chi connectivity index (χ1) is 33.6. The molecule has 2 heterocycles. The number of terminal acetylenes is 1. The summed E-state index contributed by atoms with van der Waals surface area (Å²) in [5, 5.41) is 12.0. The highest BCUT2D eigenvalue weighted by molar-refractivity contribution is 6.30. The Morgan fingerprint density at radius 2 is 1.01 bits per heavy atom. The maximum Gasteiger partial charge on any atom is 0.159 e. The zero-order valence-corrected chi connectivity index (χ0v) is 40.9. The van der Waals surface area contributed by atoms with E-state index in [2.05, 4.69) is 211 Å². The molecule has 0 atom stereocenters. The van der Waals surface area contributed by atoms with Crippen LogP contribution in [0.5, 0.6) is 0 Å². The van der Waals surface area contributed by atoms with Gasteiger partial charge in [-0.15, -0.1) is 6.42 Å². The van der Waals surface area contributed by atoms with Gasteiger partial charge in [-0.05, 0) is 117 Å². The Balaban J connectivity index is 1.24. The van der Waals surface area contributed by atoms with Crippen molar-refractivity contribution in [3.8, 4) is 12.3 Å². The number of nitrogens with zero attached hydrogens (tertiary/aromatic N) is 2. The van der Waals surface area contributed by atoms with Crippen LogP contribution in [-0.2, 0) is 6.42 Å². The maximum atomic E-state index is 7.11. The second kappa shape index (κ2) is 17.4. The number of aryl methyl sites for hydroxylation is 2. The highest BCUT2D eigenvalue weighted by Crippen LogP contribution is 2.52. The molecule has 340 valence electrons. The van der Waals surface area contributed by atoms with E-state index in [0.29, 0.717) is 12.5 Å². The van der Waals surface area contributed by atoms with E-state index in [0.717, 1.165) is 78.7 Å². The number of allylic oxidation sites excluding steroid dienone is 3. The normalized spacial score (nSPS) is 12.4. The third-order valence-electron chi connectivity index (χ3n) is 14.4. The maximum absolute atomic E-state index is 7.11. The van der Waals surface area contributed by atoms with Crippen molar-refractivity contribution >= 4 is 105 Å². The van der Waals surface area contributed by atoms with Crippen LogP contribution in [0.1, 0.15) is 94.0 Å². The van der Waals surface area contributed by atoms with E-state index in [9.17, 15) is 0 Å². The van der Waals surface area contributed by atoms with E-state index < -0.39 is 0 Å². The summed E-state index contributed by atoms with van der Waals surface area (Å²) in [6.45, 7) is 18.8. The molecule has 0 unspecified atom stereocenters. The number of hydrogen-bond donors (Lipinski definition) is 0. The molecule has 0 aliphatic rings. The molecule has 11 aromatic rings. The number of furan rings is 2. The van der Waals surface area contributed by atoms with Gasteiger partial charge in [-0.2, -0.15) is 0 Å². The number of para-hydroxylation sites is 5. The minimum Gasteiger partial charge on any atom is -0.454 e. The van der Waals surface area contributed by atoms with Crippen molar-refractivity contribution in [2.75, 3.05) is 16.3 Å². The van der Waals surface area contributed by atoms with Crippen molar-refractivity contribution in [1.82, 2.24) is 0 Å². The molecular formula is C65H58N2O2. The molecule has 11 rings (SSSR count). The van der Waals surface area contributed by atoms with Gasteiger partial charge in [0.25, 0.3) is 0 Å². The summed E-state index contributed by atoms with van der Waals surface area (Å²) in [7, 11) is 0. The second-order valence-electron chi connectivity index (χ2n) is 19.6. The van der Waals surface area contributed by atoms with Crippen LogP contribution in [0.15, 0.2) is 167 Å². The SMILES string of the molecule is C#C/C=C\C=C/CN(c1cc(C(C)C)c2ccc3c(N(c4ccccc4C)c4cccc5c4oc4c(C(C)C)cccc45)cc(C(C)C)c4ccc1c2c43)c1cccc2c1oc1c(CC)cccc12. The van der Waals surface area contributed by atoms with Gasteiger partial charge >= 0.3 is 0 Å². The molecule has 0 N–H and O–H groups in total. The van der Waals surface area contributed by atoms with E-state index in [1.54, 1.807) is 6.08 Å². The minimum absolute atomic E-state index is 0.239. The standard InChI is InChI=1S/C65H58N2O2/c1-10-12-13-14-17-36-66(56-30-20-27-49-47-25-18-23-43(11-2)62(47)68-64(49)56)58-37-53(40(5)6)45-33-35-52-59(38-54(41(7)8)46-32-34-51(58)60(45)61(46)52)67(55-29-16-15-22-42(55)9)57-31-21-28-50-48-26-19-24-44(39(3)4)63(48)69-65(50)57/h1,12-35,37-41H,11,36H2,2-9H3/b13-12-,17-14-. The fourth-order valence-corrected chi connectivity index (χ4v) is 11.1. The summed E-state index contributed by atoms with van der Waals surface area (Å²) in [6.07, 6.45) is 14.4. The average Bonchev–Trinajstić information content (AvgIpc) is 3.94. The molecule has 2 aromatic heterocycles. The lowest BCUT2D eigenvalue weighted by molar-refractivity contribution is 0.657. The van der Waals surface area contributed by atoms with Crippen LogP contribution in [0.2, 0.25) is 0 Å². The molecule has 0 aliphatic carbocycles. The zero-order chi connectivity index (χ0) is 47.7. The van der Waals surface area contributed by atoms with Crippen molar-refractivity contribution in [2.45, 2.75) is 79.6 Å². The Morgan fingerprint density at radius 3 is 1.65 bits per heavy atom. The lowest BCUT2D eigenvalue weighted by atomic mass is 9.84. The molecule has 0 saturated heterocycles. The van der Waals surface area contributed by atoms with Gasteiger partial charge in [-0.3, -0.25) is 0 Å². The molecule has 0 fully saturated rings. The van der Waals surface area contributed by atoms with Gasteiger partial charge in [-0.25, -0.2) is 0 Å². The van der Waals surface area contributed by atoms with Crippen LogP contribution in [-0.4, -0.2) is 6.54 Å². The molecule has 9 aromatic carbocycles. The summed E-state index contributed by atoms with van der Waals surface area (Å²) in [5.41, 5.74) is 15.3. The lowest BCUT2D eigenvalue weighted by Crippen LogP contribution is -2.18. The number of hydrogen-bond acceptors (Lipinski definition) is 4. The number of fused-ring (bicyclic) bond motifs is 6.